The minimum atomic E-state index is -4.13. The number of fused-ring (bicyclic) bond motifs is 3. The third-order valence-corrected chi connectivity index (χ3v) is 11.0. The molecular formula is C36H19N7O4Pd2S2. The summed E-state index contributed by atoms with van der Waals surface area (Å²) in [5.41, 5.74) is 2.67. The predicted molar refractivity (Wildman–Crippen MR) is 178 cm³/mol. The van der Waals surface area contributed by atoms with Gasteiger partial charge in [-0.3, -0.25) is 0 Å². The normalized spacial score (nSPS) is 11.5. The average Bonchev–Trinajstić information content (AvgIpc) is 3.49. The van der Waals surface area contributed by atoms with Crippen LogP contribution in [0.5, 0.6) is 0 Å². The molecule has 0 unspecified atom stereocenters. The topological polar surface area (TPSA) is 151 Å². The quantitative estimate of drug-likeness (QED) is 0.152. The molecule has 51 heavy (non-hydrogen) atoms. The summed E-state index contributed by atoms with van der Waals surface area (Å²) in [6.45, 7) is 0. The first-order chi connectivity index (χ1) is 23.8. The summed E-state index contributed by atoms with van der Waals surface area (Å²) in [7, 11) is -8.26. The minimum Gasteiger partial charge on any atom is -0.326 e. The van der Waals surface area contributed by atoms with Gasteiger partial charge in [-0.1, -0.05) is 35.3 Å². The Kier molecular flexibility index (Phi) is 10.2. The van der Waals surface area contributed by atoms with Crippen LogP contribution in [0.15, 0.2) is 135 Å². The van der Waals surface area contributed by atoms with Gasteiger partial charge in [0.05, 0.1) is 0 Å². The zero-order chi connectivity index (χ0) is 33.6. The standard InChI is InChI=1S/C36H19N7O4S2.2Pd/c44-48(45,26-9-5-7-24(19-26)32-11-1-3-17-37-32)28-13-15-30-31-16-14-29(22-35(31)43(34(30)21-28)36-41-39-23-40-42-36)49(46,47)27-10-6-8-25(20-27)33-12-2-4-18-38-33;;/h1-18,23H;;/q-4;2*+2. The van der Waals surface area contributed by atoms with E-state index in [4.69, 9.17) is 0 Å². The van der Waals surface area contributed by atoms with Gasteiger partial charge in [-0.05, 0) is 43.1 Å². The monoisotopic (exact) mass is 889 g/mol. The molecule has 0 fully saturated rings. The molecule has 0 aliphatic rings. The molecule has 8 aromatic rings. The molecule has 8 rings (SSSR count). The van der Waals surface area contributed by atoms with Gasteiger partial charge >= 0.3 is 40.8 Å². The van der Waals surface area contributed by atoms with Crippen LogP contribution in [-0.2, 0) is 60.5 Å². The number of aromatic nitrogens is 7. The number of pyridine rings is 2. The number of rotatable bonds is 7. The SMILES string of the molecule is O=S(=O)(c1[c-]c(-c2ccccn2)ccc1)c1[c-]c2c(cc1)c1ccc(S(=O)(=O)c3[c-]c(-c4ccccn4)ccc3)[c-]c1n2-c1nncnn1.[Pd+2].[Pd+2]. The van der Waals surface area contributed by atoms with Gasteiger partial charge in [-0.2, -0.15) is 35.0 Å². The van der Waals surface area contributed by atoms with E-state index in [0.29, 0.717) is 33.3 Å². The second-order valence-electron chi connectivity index (χ2n) is 10.6. The molecule has 0 radical (unpaired) electrons. The van der Waals surface area contributed by atoms with E-state index in [2.05, 4.69) is 54.6 Å². The van der Waals surface area contributed by atoms with Crippen molar-refractivity contribution < 1.29 is 57.7 Å². The Morgan fingerprint density at radius 2 is 0.941 bits per heavy atom. The van der Waals surface area contributed by atoms with E-state index in [1.807, 2.05) is 0 Å². The molecule has 0 saturated carbocycles. The van der Waals surface area contributed by atoms with Crippen molar-refractivity contribution in [2.45, 2.75) is 19.6 Å². The van der Waals surface area contributed by atoms with Gasteiger partial charge in [0, 0.05) is 12.4 Å². The van der Waals surface area contributed by atoms with Gasteiger partial charge in [0.15, 0.2) is 26.0 Å². The van der Waals surface area contributed by atoms with Gasteiger partial charge in [0.1, 0.15) is 0 Å². The van der Waals surface area contributed by atoms with Crippen molar-refractivity contribution in [3.05, 3.63) is 140 Å². The van der Waals surface area contributed by atoms with Crippen LogP contribution in [0.4, 0.5) is 0 Å². The number of hydrogen-bond donors (Lipinski definition) is 0. The summed E-state index contributed by atoms with van der Waals surface area (Å²) >= 11 is 0. The first kappa shape index (κ1) is 36.0. The van der Waals surface area contributed by atoms with Crippen molar-refractivity contribution in [3.8, 4) is 28.5 Å². The third-order valence-electron chi connectivity index (χ3n) is 7.71. The summed E-state index contributed by atoms with van der Waals surface area (Å²) in [6, 6.07) is 38.4. The Morgan fingerprint density at radius 3 is 1.37 bits per heavy atom. The van der Waals surface area contributed by atoms with E-state index < -0.39 is 19.7 Å². The molecule has 4 aromatic carbocycles. The van der Waals surface area contributed by atoms with Crippen LogP contribution >= 0.6 is 0 Å². The van der Waals surface area contributed by atoms with Crippen LogP contribution in [0.3, 0.4) is 0 Å². The first-order valence-corrected chi connectivity index (χ1v) is 17.6. The van der Waals surface area contributed by atoms with Crippen LogP contribution < -0.4 is 0 Å². The van der Waals surface area contributed by atoms with Crippen molar-refractivity contribution in [2.75, 3.05) is 0 Å². The summed E-state index contributed by atoms with van der Waals surface area (Å²) in [4.78, 5) is 8.16. The van der Waals surface area contributed by atoms with E-state index >= 15 is 0 Å². The fourth-order valence-electron chi connectivity index (χ4n) is 5.42. The molecule has 0 saturated heterocycles. The van der Waals surface area contributed by atoms with E-state index in [0.717, 1.165) is 6.33 Å². The Morgan fingerprint density at radius 1 is 0.490 bits per heavy atom. The molecule has 0 N–H and O–H groups in total. The van der Waals surface area contributed by atoms with Crippen LogP contribution in [0, 0.1) is 24.3 Å². The Balaban J connectivity index is 0.00000224. The maximum absolute atomic E-state index is 14.0. The van der Waals surface area contributed by atoms with Crippen molar-refractivity contribution in [1.82, 2.24) is 34.9 Å². The van der Waals surface area contributed by atoms with Crippen molar-refractivity contribution in [3.63, 3.8) is 0 Å². The molecule has 0 aliphatic carbocycles. The number of sulfone groups is 2. The zero-order valence-corrected chi connectivity index (χ0v) is 30.4. The van der Waals surface area contributed by atoms with Crippen LogP contribution in [0.2, 0.25) is 0 Å². The average molecular weight is 891 g/mol. The summed E-state index contributed by atoms with van der Waals surface area (Å²) < 4.78 is 57.2. The summed E-state index contributed by atoms with van der Waals surface area (Å²) in [5.74, 6) is -0.0356. The molecule has 0 spiro atoms. The Bertz CT molecular complexity index is 2580. The fraction of sp³-hybridized carbons (Fsp3) is 0. The third kappa shape index (κ3) is 6.56. The minimum absolute atomic E-state index is 0. The summed E-state index contributed by atoms with van der Waals surface area (Å²) in [6.07, 6.45) is 4.38. The number of nitrogens with zero attached hydrogens (tertiary/aromatic N) is 7. The molecular weight excluding hydrogens is 871 g/mol. The molecule has 4 heterocycles. The molecule has 0 aliphatic heterocycles. The molecule has 15 heteroatoms. The van der Waals surface area contributed by atoms with E-state index in [1.54, 1.807) is 85.2 Å². The number of hydrogen-bond acceptors (Lipinski definition) is 10. The second kappa shape index (κ2) is 14.4. The smallest absolute Gasteiger partial charge is 0.326 e. The zero-order valence-electron chi connectivity index (χ0n) is 25.7. The van der Waals surface area contributed by atoms with Gasteiger partial charge in [0.25, 0.3) is 5.95 Å². The Labute approximate surface area is 320 Å². The van der Waals surface area contributed by atoms with Crippen LogP contribution in [-0.4, -0.2) is 51.8 Å². The first-order valence-electron chi connectivity index (χ1n) is 14.6. The second-order valence-corrected chi connectivity index (χ2v) is 14.4. The van der Waals surface area contributed by atoms with Crippen LogP contribution in [0.25, 0.3) is 50.3 Å². The molecule has 0 amide bonds. The van der Waals surface area contributed by atoms with Crippen molar-refractivity contribution >= 4 is 41.5 Å². The van der Waals surface area contributed by atoms with Crippen molar-refractivity contribution in [2.24, 2.45) is 0 Å². The maximum atomic E-state index is 14.0. The van der Waals surface area contributed by atoms with E-state index in [1.165, 1.54) is 28.8 Å². The van der Waals surface area contributed by atoms with Crippen molar-refractivity contribution in [1.29, 1.82) is 0 Å². The maximum Gasteiger partial charge on any atom is 2.00 e. The molecule has 0 atom stereocenters. The fourth-order valence-corrected chi connectivity index (χ4v) is 7.85. The predicted octanol–water partition coefficient (Wildman–Crippen LogP) is 5.35. The van der Waals surface area contributed by atoms with Gasteiger partial charge in [-0.15, -0.1) is 92.2 Å². The molecule has 11 nitrogen and oxygen atoms in total. The molecule has 254 valence electrons. The van der Waals surface area contributed by atoms with Gasteiger partial charge in [0.2, 0.25) is 0 Å². The summed E-state index contributed by atoms with van der Waals surface area (Å²) in [5, 5.41) is 17.0. The van der Waals surface area contributed by atoms with Gasteiger partial charge in [-0.25, -0.2) is 16.8 Å². The molecule has 0 bridgehead atoms. The number of benzene rings is 4. The van der Waals surface area contributed by atoms with E-state index in [9.17, 15) is 16.8 Å². The molecule has 4 aromatic heterocycles. The van der Waals surface area contributed by atoms with Crippen LogP contribution in [0.1, 0.15) is 0 Å². The Hall–Kier alpha value is -4.86. The van der Waals surface area contributed by atoms with E-state index in [-0.39, 0.29) is 77.4 Å². The van der Waals surface area contributed by atoms with Gasteiger partial charge < -0.3 is 14.5 Å². The largest absolute Gasteiger partial charge is 2.00 e.